The van der Waals surface area contributed by atoms with Crippen LogP contribution in [0.3, 0.4) is 0 Å². The fraction of sp³-hybridized carbons (Fsp3) is 0.905. The van der Waals surface area contributed by atoms with Gasteiger partial charge in [0.25, 0.3) is 0 Å². The topological polar surface area (TPSA) is 26.0 Å². The van der Waals surface area contributed by atoms with Crippen LogP contribution in [0.15, 0.2) is 13.2 Å². The molecule has 0 bridgehead atoms. The molecule has 1 nitrogen and oxygen atoms in total. The van der Waals surface area contributed by atoms with Gasteiger partial charge in [0.2, 0.25) is 0 Å². The zero-order chi connectivity index (χ0) is 17.3. The first-order valence-corrected chi connectivity index (χ1v) is 9.99. The molecule has 0 aromatic heterocycles. The zero-order valence-corrected chi connectivity index (χ0v) is 16.3. The second-order valence-electron chi connectivity index (χ2n) is 5.95. The highest BCUT2D eigenvalue weighted by Crippen LogP contribution is 2.13. The first kappa shape index (κ1) is 26.6. The normalized spacial score (nSPS) is 9.45. The summed E-state index contributed by atoms with van der Waals surface area (Å²) in [6, 6.07) is 0. The second kappa shape index (κ2) is 32.6. The van der Waals surface area contributed by atoms with Crippen molar-refractivity contribution in [3.63, 3.8) is 0 Å². The lowest BCUT2D eigenvalue weighted by molar-refractivity contribution is 0.531. The largest absolute Gasteiger partial charge is 0.333 e. The van der Waals surface area contributed by atoms with Crippen LogP contribution in [-0.2, 0) is 0 Å². The Morgan fingerprint density at radius 2 is 0.545 bits per heavy atom. The molecule has 0 aromatic rings. The molecular formula is C21H47N. The van der Waals surface area contributed by atoms with Crippen LogP contribution in [0.2, 0.25) is 0 Å². The smallest absolute Gasteiger partial charge is 0.0195 e. The minimum Gasteiger partial charge on any atom is -0.333 e. The average molecular weight is 314 g/mol. The van der Waals surface area contributed by atoms with Gasteiger partial charge in [-0.1, -0.05) is 117 Å². The monoisotopic (exact) mass is 313 g/mol. The van der Waals surface area contributed by atoms with E-state index in [4.69, 9.17) is 0 Å². The molecule has 0 aliphatic heterocycles. The van der Waals surface area contributed by atoms with E-state index in [-0.39, 0.29) is 0 Å². The molecule has 0 saturated heterocycles. The Bertz CT molecular complexity index is 129. The Hall–Kier alpha value is -0.300. The maximum absolute atomic E-state index is 4.50. The van der Waals surface area contributed by atoms with Crippen molar-refractivity contribution < 1.29 is 0 Å². The highest BCUT2D eigenvalue weighted by Gasteiger charge is 1.93. The van der Waals surface area contributed by atoms with Crippen molar-refractivity contribution in [3.8, 4) is 0 Å². The van der Waals surface area contributed by atoms with Crippen LogP contribution in [0.1, 0.15) is 117 Å². The lowest BCUT2D eigenvalue weighted by Gasteiger charge is -2.03. The Balaban J connectivity index is -0.000000826. The maximum atomic E-state index is 4.50. The van der Waals surface area contributed by atoms with E-state index in [0.29, 0.717) is 0 Å². The molecule has 0 aliphatic rings. The molecule has 0 aromatic carbocycles. The molecule has 0 amide bonds. The molecular weight excluding hydrogens is 266 g/mol. The van der Waals surface area contributed by atoms with Crippen molar-refractivity contribution in [2.45, 2.75) is 117 Å². The van der Waals surface area contributed by atoms with Gasteiger partial charge in [-0.05, 0) is 7.05 Å². The van der Waals surface area contributed by atoms with E-state index in [9.17, 15) is 0 Å². The van der Waals surface area contributed by atoms with Crippen molar-refractivity contribution in [2.24, 2.45) is 5.73 Å². The zero-order valence-electron chi connectivity index (χ0n) is 16.3. The average Bonchev–Trinajstić information content (AvgIpc) is 2.59. The fourth-order valence-corrected chi connectivity index (χ4v) is 2.62. The molecule has 0 fully saturated rings. The number of unbranched alkanes of at least 4 members (excludes halogenated alkanes) is 15. The summed E-state index contributed by atoms with van der Waals surface area (Å²) in [6.45, 7) is 10.6. The second-order valence-corrected chi connectivity index (χ2v) is 5.95. The molecule has 0 saturated carbocycles. The summed E-state index contributed by atoms with van der Waals surface area (Å²) >= 11 is 0. The summed E-state index contributed by atoms with van der Waals surface area (Å²) in [4.78, 5) is 0. The molecule has 136 valence electrons. The van der Waals surface area contributed by atoms with E-state index in [2.05, 4.69) is 32.7 Å². The van der Waals surface area contributed by atoms with Gasteiger partial charge in [0.15, 0.2) is 0 Å². The van der Waals surface area contributed by atoms with E-state index in [1.54, 1.807) is 0 Å². The molecule has 1 heteroatoms. The Kier molecular flexibility index (Phi) is 39.4. The first-order chi connectivity index (χ1) is 10.9. The van der Waals surface area contributed by atoms with E-state index in [1.165, 1.54) is 110 Å². The fourth-order valence-electron chi connectivity index (χ4n) is 2.62. The van der Waals surface area contributed by atoms with E-state index >= 15 is 0 Å². The predicted octanol–water partition coefficient (Wildman–Crippen LogP) is 7.64. The lowest BCUT2D eigenvalue weighted by Crippen LogP contribution is -1.83. The first-order valence-electron chi connectivity index (χ1n) is 9.99. The molecule has 0 spiro atoms. The minimum atomic E-state index is 1.37. The molecule has 0 rings (SSSR count). The number of rotatable bonds is 15. The molecule has 0 aliphatic carbocycles. The molecule has 0 unspecified atom stereocenters. The van der Waals surface area contributed by atoms with Crippen LogP contribution in [0.5, 0.6) is 0 Å². The summed E-state index contributed by atoms with van der Waals surface area (Å²) in [5.74, 6) is 0. The number of hydrogen-bond acceptors (Lipinski definition) is 1. The van der Waals surface area contributed by atoms with E-state index in [0.717, 1.165) is 0 Å². The summed E-state index contributed by atoms with van der Waals surface area (Å²) < 4.78 is 0. The van der Waals surface area contributed by atoms with Crippen LogP contribution in [-0.4, -0.2) is 7.05 Å². The van der Waals surface area contributed by atoms with Crippen molar-refractivity contribution in [2.75, 3.05) is 7.05 Å². The molecule has 0 atom stereocenters. The van der Waals surface area contributed by atoms with Gasteiger partial charge >= 0.3 is 0 Å². The van der Waals surface area contributed by atoms with Gasteiger partial charge in [0, 0.05) is 0 Å². The van der Waals surface area contributed by atoms with Gasteiger partial charge in [-0.2, -0.15) is 0 Å². The third kappa shape index (κ3) is 31.9. The Labute approximate surface area is 143 Å². The van der Waals surface area contributed by atoms with E-state index in [1.807, 2.05) is 0 Å². The Morgan fingerprint density at radius 1 is 0.409 bits per heavy atom. The number of nitrogens with two attached hydrogens (primary N) is 1. The van der Waals surface area contributed by atoms with Gasteiger partial charge < -0.3 is 5.73 Å². The molecule has 2 N–H and O–H groups in total. The molecule has 0 heterocycles. The third-order valence-corrected chi connectivity index (χ3v) is 3.96. The van der Waals surface area contributed by atoms with Crippen LogP contribution < -0.4 is 5.73 Å². The number of hydrogen-bond donors (Lipinski definition) is 1. The van der Waals surface area contributed by atoms with Crippen LogP contribution in [0.25, 0.3) is 0 Å². The third-order valence-electron chi connectivity index (χ3n) is 3.96. The SMILES string of the molecule is C=C.CCCCCCCCCCCCCCCCCC.CN. The summed E-state index contributed by atoms with van der Waals surface area (Å²) in [5.41, 5.74) is 4.50. The van der Waals surface area contributed by atoms with Gasteiger partial charge in [0.05, 0.1) is 0 Å². The van der Waals surface area contributed by atoms with Crippen molar-refractivity contribution in [1.29, 1.82) is 0 Å². The maximum Gasteiger partial charge on any atom is -0.0195 e. The summed E-state index contributed by atoms with van der Waals surface area (Å²) in [5, 5.41) is 0. The van der Waals surface area contributed by atoms with Gasteiger partial charge in [-0.3, -0.25) is 0 Å². The van der Waals surface area contributed by atoms with E-state index < -0.39 is 0 Å². The van der Waals surface area contributed by atoms with Gasteiger partial charge in [-0.25, -0.2) is 0 Å². The standard InChI is InChI=1S/C18H38.C2H4.CH5N/c1-3-5-7-9-11-13-15-17-18-16-14-12-10-8-6-4-2;2*1-2/h3-18H2,1-2H3;1-2H2;2H2,1H3. The van der Waals surface area contributed by atoms with Crippen molar-refractivity contribution in [1.82, 2.24) is 0 Å². The van der Waals surface area contributed by atoms with Crippen molar-refractivity contribution in [3.05, 3.63) is 13.2 Å². The molecule has 22 heavy (non-hydrogen) atoms. The predicted molar refractivity (Wildman–Crippen MR) is 107 cm³/mol. The quantitative estimate of drug-likeness (QED) is 0.244. The molecule has 0 radical (unpaired) electrons. The lowest BCUT2D eigenvalue weighted by atomic mass is 10.0. The summed E-state index contributed by atoms with van der Waals surface area (Å²) in [6.07, 6.45) is 23.4. The van der Waals surface area contributed by atoms with Crippen LogP contribution in [0.4, 0.5) is 0 Å². The highest BCUT2D eigenvalue weighted by molar-refractivity contribution is 4.49. The highest BCUT2D eigenvalue weighted by atomic mass is 14.4. The summed E-state index contributed by atoms with van der Waals surface area (Å²) in [7, 11) is 1.50. The minimum absolute atomic E-state index is 1.37. The van der Waals surface area contributed by atoms with Gasteiger partial charge in [0.1, 0.15) is 0 Å². The Morgan fingerprint density at radius 3 is 0.682 bits per heavy atom. The van der Waals surface area contributed by atoms with Crippen molar-refractivity contribution >= 4 is 0 Å². The van der Waals surface area contributed by atoms with Crippen LogP contribution >= 0.6 is 0 Å². The van der Waals surface area contributed by atoms with Crippen LogP contribution in [0, 0.1) is 0 Å². The van der Waals surface area contributed by atoms with Gasteiger partial charge in [-0.15, -0.1) is 13.2 Å².